The molecule has 27 heavy (non-hydrogen) atoms. The molecule has 1 amide bonds. The van der Waals surface area contributed by atoms with Gasteiger partial charge in [0.25, 0.3) is 5.91 Å². The van der Waals surface area contributed by atoms with Crippen LogP contribution >= 0.6 is 22.9 Å². The van der Waals surface area contributed by atoms with Crippen molar-refractivity contribution in [3.05, 3.63) is 59.1 Å². The third-order valence-corrected chi connectivity index (χ3v) is 5.63. The molecule has 3 heterocycles. The first-order valence-corrected chi connectivity index (χ1v) is 9.57. The Labute approximate surface area is 164 Å². The first-order valence-electron chi connectivity index (χ1n) is 8.38. The van der Waals surface area contributed by atoms with E-state index in [1.54, 1.807) is 32.6 Å². The van der Waals surface area contributed by atoms with Crippen LogP contribution in [0.3, 0.4) is 0 Å². The first kappa shape index (κ1) is 17.7. The van der Waals surface area contributed by atoms with Gasteiger partial charge >= 0.3 is 0 Å². The van der Waals surface area contributed by atoms with E-state index >= 15 is 0 Å². The highest BCUT2D eigenvalue weighted by molar-refractivity contribution is 7.22. The Bertz CT molecular complexity index is 1080. The third kappa shape index (κ3) is 3.45. The van der Waals surface area contributed by atoms with Gasteiger partial charge in [0, 0.05) is 31.7 Å². The molecule has 1 aromatic carbocycles. The van der Waals surface area contributed by atoms with Gasteiger partial charge in [-0.25, -0.2) is 4.98 Å². The molecule has 0 aliphatic carbocycles. The molecule has 0 aliphatic heterocycles. The van der Waals surface area contributed by atoms with Crippen LogP contribution in [0.25, 0.3) is 10.2 Å². The van der Waals surface area contributed by atoms with Gasteiger partial charge < -0.3 is 0 Å². The molecule has 0 spiro atoms. The number of fused-ring (bicyclic) bond motifs is 1. The van der Waals surface area contributed by atoms with Crippen molar-refractivity contribution in [3.63, 3.8) is 0 Å². The minimum absolute atomic E-state index is 0.193. The fourth-order valence-electron chi connectivity index (χ4n) is 2.74. The number of carbonyl (C=O) groups excluding carboxylic acids is 1. The molecule has 0 atom stereocenters. The Morgan fingerprint density at radius 2 is 2.19 bits per heavy atom. The number of amides is 1. The predicted octanol–water partition coefficient (Wildman–Crippen LogP) is 3.54. The summed E-state index contributed by atoms with van der Waals surface area (Å²) in [7, 11) is 1.82. The summed E-state index contributed by atoms with van der Waals surface area (Å²) >= 11 is 7.70. The van der Waals surface area contributed by atoms with Crippen LogP contribution in [0.1, 0.15) is 16.2 Å². The molecule has 3 aromatic heterocycles. The number of halogens is 1. The zero-order valence-corrected chi connectivity index (χ0v) is 16.4. The van der Waals surface area contributed by atoms with E-state index in [9.17, 15) is 4.79 Å². The van der Waals surface area contributed by atoms with Crippen LogP contribution in [-0.2, 0) is 13.6 Å². The van der Waals surface area contributed by atoms with Crippen LogP contribution in [0.5, 0.6) is 0 Å². The average Bonchev–Trinajstić information content (AvgIpc) is 3.37. The highest BCUT2D eigenvalue weighted by atomic mass is 35.5. The number of thiazole rings is 1. The molecular weight excluding hydrogens is 384 g/mol. The number of hydrogen-bond acceptors (Lipinski definition) is 5. The van der Waals surface area contributed by atoms with Gasteiger partial charge in [0.1, 0.15) is 5.52 Å². The standard InChI is InChI=1S/C18H17ClN6OS/c1-12-11-14(22-23(12)2)17(26)25(10-9-24-8-4-7-20-24)18-21-16-13(19)5-3-6-15(16)27-18/h3-8,11H,9-10H2,1-2H3. The zero-order chi connectivity index (χ0) is 19.0. The number of hydrogen-bond donors (Lipinski definition) is 0. The van der Waals surface area contributed by atoms with Gasteiger partial charge in [-0.1, -0.05) is 29.0 Å². The van der Waals surface area contributed by atoms with Crippen LogP contribution in [0.4, 0.5) is 5.13 Å². The van der Waals surface area contributed by atoms with Crippen molar-refractivity contribution in [1.29, 1.82) is 0 Å². The smallest absolute Gasteiger partial charge is 0.280 e. The van der Waals surface area contributed by atoms with Crippen molar-refractivity contribution >= 4 is 44.2 Å². The summed E-state index contributed by atoms with van der Waals surface area (Å²) in [5.74, 6) is -0.193. The second-order valence-corrected chi connectivity index (χ2v) is 7.52. The fraction of sp³-hybridized carbons (Fsp3) is 0.222. The number of aromatic nitrogens is 5. The topological polar surface area (TPSA) is 68.8 Å². The van der Waals surface area contributed by atoms with Crippen LogP contribution < -0.4 is 4.90 Å². The highest BCUT2D eigenvalue weighted by Gasteiger charge is 2.24. The largest absolute Gasteiger partial charge is 0.281 e. The average molecular weight is 401 g/mol. The van der Waals surface area contributed by atoms with Gasteiger partial charge in [0.2, 0.25) is 0 Å². The normalized spacial score (nSPS) is 11.2. The number of benzene rings is 1. The molecule has 0 saturated carbocycles. The Balaban J connectivity index is 1.71. The van der Waals surface area contributed by atoms with Gasteiger partial charge in [-0.05, 0) is 31.2 Å². The molecule has 0 saturated heterocycles. The van der Waals surface area contributed by atoms with Gasteiger partial charge in [-0.2, -0.15) is 10.2 Å². The van der Waals surface area contributed by atoms with Crippen molar-refractivity contribution in [2.75, 3.05) is 11.4 Å². The molecule has 9 heteroatoms. The summed E-state index contributed by atoms with van der Waals surface area (Å²) in [6.07, 6.45) is 3.58. The number of para-hydroxylation sites is 1. The molecule has 0 unspecified atom stereocenters. The summed E-state index contributed by atoms with van der Waals surface area (Å²) in [5, 5.41) is 9.70. The highest BCUT2D eigenvalue weighted by Crippen LogP contribution is 2.33. The number of anilines is 1. The van der Waals surface area contributed by atoms with E-state index in [2.05, 4.69) is 15.2 Å². The van der Waals surface area contributed by atoms with E-state index in [4.69, 9.17) is 11.6 Å². The van der Waals surface area contributed by atoms with E-state index in [-0.39, 0.29) is 5.91 Å². The maximum atomic E-state index is 13.2. The fourth-order valence-corrected chi connectivity index (χ4v) is 4.03. The molecule has 7 nitrogen and oxygen atoms in total. The lowest BCUT2D eigenvalue weighted by Gasteiger charge is -2.18. The molecule has 138 valence electrons. The van der Waals surface area contributed by atoms with Crippen LogP contribution in [0.2, 0.25) is 5.02 Å². The monoisotopic (exact) mass is 400 g/mol. The lowest BCUT2D eigenvalue weighted by atomic mass is 10.3. The molecule has 4 rings (SSSR count). The molecule has 0 radical (unpaired) electrons. The summed E-state index contributed by atoms with van der Waals surface area (Å²) < 4.78 is 4.41. The van der Waals surface area contributed by atoms with Crippen LogP contribution in [0.15, 0.2) is 42.7 Å². The Morgan fingerprint density at radius 3 is 2.85 bits per heavy atom. The van der Waals surface area contributed by atoms with E-state index in [1.165, 1.54) is 11.3 Å². The Hall–Kier alpha value is -2.71. The Kier molecular flexibility index (Phi) is 4.67. The van der Waals surface area contributed by atoms with Crippen molar-refractivity contribution in [1.82, 2.24) is 24.5 Å². The van der Waals surface area contributed by atoms with Crippen LogP contribution in [0, 0.1) is 6.92 Å². The van der Waals surface area contributed by atoms with Crippen molar-refractivity contribution < 1.29 is 4.79 Å². The summed E-state index contributed by atoms with van der Waals surface area (Å²) in [6.45, 7) is 2.89. The van der Waals surface area contributed by atoms with Gasteiger partial charge in [-0.15, -0.1) is 0 Å². The second-order valence-electron chi connectivity index (χ2n) is 6.10. The number of carbonyl (C=O) groups is 1. The van der Waals surface area contributed by atoms with E-state index in [0.29, 0.717) is 34.5 Å². The number of nitrogens with zero attached hydrogens (tertiary/aromatic N) is 6. The molecule has 0 fully saturated rings. The minimum atomic E-state index is -0.193. The molecule has 0 bridgehead atoms. The van der Waals surface area contributed by atoms with E-state index < -0.39 is 0 Å². The van der Waals surface area contributed by atoms with Crippen molar-refractivity contribution in [2.45, 2.75) is 13.5 Å². The molecule has 0 N–H and O–H groups in total. The molecule has 0 aliphatic rings. The van der Waals surface area contributed by atoms with Crippen LogP contribution in [-0.4, -0.2) is 37.0 Å². The zero-order valence-electron chi connectivity index (χ0n) is 14.8. The summed E-state index contributed by atoms with van der Waals surface area (Å²) in [4.78, 5) is 19.4. The Morgan fingerprint density at radius 1 is 1.33 bits per heavy atom. The summed E-state index contributed by atoms with van der Waals surface area (Å²) in [5.41, 5.74) is 2.01. The quantitative estimate of drug-likeness (QED) is 0.514. The second kappa shape index (κ2) is 7.13. The molecular formula is C18H17ClN6OS. The lowest BCUT2D eigenvalue weighted by Crippen LogP contribution is -2.34. The van der Waals surface area contributed by atoms with Crippen molar-refractivity contribution in [2.24, 2.45) is 7.05 Å². The van der Waals surface area contributed by atoms with Crippen molar-refractivity contribution in [3.8, 4) is 0 Å². The molecule has 4 aromatic rings. The number of aryl methyl sites for hydroxylation is 2. The SMILES string of the molecule is Cc1cc(C(=O)N(CCn2cccn2)c2nc3c(Cl)cccc3s2)nn1C. The summed E-state index contributed by atoms with van der Waals surface area (Å²) in [6, 6.07) is 9.26. The third-order valence-electron chi connectivity index (χ3n) is 4.28. The first-order chi connectivity index (χ1) is 13.0. The van der Waals surface area contributed by atoms with E-state index in [1.807, 2.05) is 38.4 Å². The number of rotatable bonds is 5. The maximum absolute atomic E-state index is 13.2. The van der Waals surface area contributed by atoms with E-state index in [0.717, 1.165) is 10.4 Å². The van der Waals surface area contributed by atoms with Gasteiger partial charge in [-0.3, -0.25) is 19.1 Å². The lowest BCUT2D eigenvalue weighted by molar-refractivity contribution is 0.0980. The van der Waals surface area contributed by atoms with Gasteiger partial charge in [0.05, 0.1) is 16.3 Å². The minimum Gasteiger partial charge on any atom is -0.281 e. The maximum Gasteiger partial charge on any atom is 0.280 e. The predicted molar refractivity (Wildman–Crippen MR) is 106 cm³/mol. The van der Waals surface area contributed by atoms with Gasteiger partial charge in [0.15, 0.2) is 10.8 Å².